The Labute approximate surface area is 176 Å². The van der Waals surface area contributed by atoms with Crippen molar-refractivity contribution in [3.63, 3.8) is 0 Å². The zero-order valence-corrected chi connectivity index (χ0v) is 17.6. The van der Waals surface area contributed by atoms with Gasteiger partial charge in [0.2, 0.25) is 0 Å². The molecule has 0 radical (unpaired) electrons. The van der Waals surface area contributed by atoms with E-state index < -0.39 is 0 Å². The van der Waals surface area contributed by atoms with Crippen LogP contribution < -0.4 is 4.74 Å². The summed E-state index contributed by atoms with van der Waals surface area (Å²) < 4.78 is 18.2. The van der Waals surface area contributed by atoms with Crippen molar-refractivity contribution in [2.24, 2.45) is 0 Å². The number of thiazole rings is 1. The molecule has 4 nitrogen and oxygen atoms in total. The van der Waals surface area contributed by atoms with E-state index in [9.17, 15) is 4.39 Å². The van der Waals surface area contributed by atoms with Crippen LogP contribution in [0.5, 0.6) is 5.75 Å². The predicted octanol–water partition coefficient (Wildman–Crippen LogP) is 6.02. The first kappa shape index (κ1) is 19.5. The van der Waals surface area contributed by atoms with Gasteiger partial charge in [0.05, 0.1) is 17.7 Å². The van der Waals surface area contributed by atoms with Crippen LogP contribution in [0, 0.1) is 12.7 Å². The second kappa shape index (κ2) is 8.71. The highest BCUT2D eigenvalue weighted by molar-refractivity contribution is 7.98. The Bertz CT molecular complexity index is 1090. The van der Waals surface area contributed by atoms with Gasteiger partial charge < -0.3 is 4.74 Å². The van der Waals surface area contributed by atoms with Crippen LogP contribution in [0.3, 0.4) is 0 Å². The minimum Gasteiger partial charge on any atom is -0.497 e. The second-order valence-electron chi connectivity index (χ2n) is 6.33. The molecule has 0 aliphatic rings. The quantitative estimate of drug-likeness (QED) is 0.355. The number of benzene rings is 2. The van der Waals surface area contributed by atoms with Crippen molar-refractivity contribution < 1.29 is 9.13 Å². The van der Waals surface area contributed by atoms with Crippen molar-refractivity contribution >= 4 is 23.1 Å². The predicted molar refractivity (Wildman–Crippen MR) is 116 cm³/mol. The monoisotopic (exact) mass is 423 g/mol. The molecule has 0 amide bonds. The number of rotatable bonds is 6. The molecule has 0 N–H and O–H groups in total. The third-order valence-electron chi connectivity index (χ3n) is 4.31. The van der Waals surface area contributed by atoms with E-state index in [0.29, 0.717) is 0 Å². The molecule has 0 aliphatic heterocycles. The SMILES string of the molecule is COc1ccc(-c2nc(C)c(-c3ccc(SCc4ccc(F)cc4)nn3)s2)cc1. The minimum atomic E-state index is -0.225. The van der Waals surface area contributed by atoms with Crippen LogP contribution in [-0.2, 0) is 5.75 Å². The number of hydrogen-bond donors (Lipinski definition) is 0. The number of thioether (sulfide) groups is 1. The van der Waals surface area contributed by atoms with Crippen LogP contribution in [0.15, 0.2) is 65.7 Å². The van der Waals surface area contributed by atoms with E-state index in [4.69, 9.17) is 9.72 Å². The zero-order valence-electron chi connectivity index (χ0n) is 15.9. The maximum atomic E-state index is 13.0. The summed E-state index contributed by atoms with van der Waals surface area (Å²) in [6.07, 6.45) is 0. The van der Waals surface area contributed by atoms with Gasteiger partial charge in [0.15, 0.2) is 0 Å². The first-order valence-electron chi connectivity index (χ1n) is 8.95. The third kappa shape index (κ3) is 4.63. The summed E-state index contributed by atoms with van der Waals surface area (Å²) >= 11 is 3.17. The van der Waals surface area contributed by atoms with Gasteiger partial charge in [-0.25, -0.2) is 9.37 Å². The lowest BCUT2D eigenvalue weighted by Crippen LogP contribution is -1.90. The summed E-state index contributed by atoms with van der Waals surface area (Å²) in [5.41, 5.74) is 3.84. The van der Waals surface area contributed by atoms with Crippen LogP contribution in [0.4, 0.5) is 4.39 Å². The van der Waals surface area contributed by atoms with Crippen LogP contribution in [-0.4, -0.2) is 22.3 Å². The lowest BCUT2D eigenvalue weighted by atomic mass is 10.2. The Morgan fingerprint density at radius 3 is 2.38 bits per heavy atom. The second-order valence-corrected chi connectivity index (χ2v) is 8.33. The summed E-state index contributed by atoms with van der Waals surface area (Å²) in [6.45, 7) is 1.98. The van der Waals surface area contributed by atoms with Gasteiger partial charge in [-0.15, -0.1) is 21.5 Å². The number of nitrogens with zero attached hydrogens (tertiary/aromatic N) is 3. The van der Waals surface area contributed by atoms with Gasteiger partial charge in [0, 0.05) is 11.3 Å². The Morgan fingerprint density at radius 2 is 1.72 bits per heavy atom. The molecular weight excluding hydrogens is 405 g/mol. The standard InChI is InChI=1S/C22H18FN3OS2/c1-14-21(29-22(24-14)16-5-9-18(27-2)10-6-16)19-11-12-20(26-25-19)28-13-15-3-7-17(23)8-4-15/h3-12H,13H2,1-2H3. The highest BCUT2D eigenvalue weighted by Gasteiger charge is 2.13. The molecule has 2 aromatic carbocycles. The molecule has 2 heterocycles. The minimum absolute atomic E-state index is 0.225. The van der Waals surface area contributed by atoms with Crippen LogP contribution in [0.25, 0.3) is 21.1 Å². The van der Waals surface area contributed by atoms with Crippen LogP contribution >= 0.6 is 23.1 Å². The number of aryl methyl sites for hydroxylation is 1. The highest BCUT2D eigenvalue weighted by atomic mass is 32.2. The molecule has 0 unspecified atom stereocenters. The molecular formula is C22H18FN3OS2. The number of hydrogen-bond acceptors (Lipinski definition) is 6. The Morgan fingerprint density at radius 1 is 0.966 bits per heavy atom. The topological polar surface area (TPSA) is 47.9 Å². The Hall–Kier alpha value is -2.77. The largest absolute Gasteiger partial charge is 0.497 e. The van der Waals surface area contributed by atoms with Gasteiger partial charge in [0.25, 0.3) is 0 Å². The summed E-state index contributed by atoms with van der Waals surface area (Å²) in [5.74, 6) is 1.31. The van der Waals surface area contributed by atoms with Crippen molar-refractivity contribution in [1.29, 1.82) is 0 Å². The Kier molecular flexibility index (Phi) is 5.87. The first-order chi connectivity index (χ1) is 14.1. The molecule has 0 spiro atoms. The van der Waals surface area contributed by atoms with E-state index >= 15 is 0 Å². The van der Waals surface area contributed by atoms with Crippen molar-refractivity contribution in [3.8, 4) is 26.9 Å². The molecule has 146 valence electrons. The van der Waals surface area contributed by atoms with E-state index in [1.165, 1.54) is 12.1 Å². The fourth-order valence-corrected chi connectivity index (χ4v) is 4.55. The van der Waals surface area contributed by atoms with E-state index in [1.807, 2.05) is 43.3 Å². The summed E-state index contributed by atoms with van der Waals surface area (Å²) in [5, 5.41) is 10.5. The van der Waals surface area contributed by atoms with Crippen molar-refractivity contribution in [1.82, 2.24) is 15.2 Å². The fourth-order valence-electron chi connectivity index (χ4n) is 2.75. The number of halogens is 1. The van der Waals surface area contributed by atoms with Crippen molar-refractivity contribution in [3.05, 3.63) is 77.7 Å². The average molecular weight is 424 g/mol. The fraction of sp³-hybridized carbons (Fsp3) is 0.136. The lowest BCUT2D eigenvalue weighted by Gasteiger charge is -2.02. The lowest BCUT2D eigenvalue weighted by molar-refractivity contribution is 0.415. The summed E-state index contributed by atoms with van der Waals surface area (Å²) in [6, 6.07) is 18.3. The van der Waals surface area contributed by atoms with E-state index in [-0.39, 0.29) is 5.82 Å². The molecule has 0 atom stereocenters. The van der Waals surface area contributed by atoms with Gasteiger partial charge in [-0.2, -0.15) is 0 Å². The van der Waals surface area contributed by atoms with Gasteiger partial charge in [-0.3, -0.25) is 0 Å². The molecule has 0 bridgehead atoms. The first-order valence-corrected chi connectivity index (χ1v) is 10.8. The molecule has 0 saturated carbocycles. The molecule has 2 aromatic heterocycles. The van der Waals surface area contributed by atoms with Gasteiger partial charge in [0.1, 0.15) is 27.3 Å². The van der Waals surface area contributed by atoms with Crippen molar-refractivity contribution in [2.75, 3.05) is 7.11 Å². The Balaban J connectivity index is 1.48. The van der Waals surface area contributed by atoms with Gasteiger partial charge in [-0.05, 0) is 61.0 Å². The van der Waals surface area contributed by atoms with Crippen LogP contribution in [0.2, 0.25) is 0 Å². The molecule has 0 aliphatic carbocycles. The highest BCUT2D eigenvalue weighted by Crippen LogP contribution is 2.35. The van der Waals surface area contributed by atoms with Gasteiger partial charge >= 0.3 is 0 Å². The molecule has 7 heteroatoms. The number of methoxy groups -OCH3 is 1. The van der Waals surface area contributed by atoms with E-state index in [2.05, 4.69) is 10.2 Å². The average Bonchev–Trinajstić information content (AvgIpc) is 3.15. The maximum Gasteiger partial charge on any atom is 0.124 e. The van der Waals surface area contributed by atoms with Gasteiger partial charge in [-0.1, -0.05) is 23.9 Å². The van der Waals surface area contributed by atoms with Crippen LogP contribution in [0.1, 0.15) is 11.3 Å². The molecule has 0 fully saturated rings. The van der Waals surface area contributed by atoms with E-state index in [0.717, 1.165) is 48.9 Å². The number of ether oxygens (including phenoxy) is 1. The van der Waals surface area contributed by atoms with E-state index in [1.54, 1.807) is 42.3 Å². The normalized spacial score (nSPS) is 10.9. The third-order valence-corrected chi connectivity index (χ3v) is 6.53. The molecule has 29 heavy (non-hydrogen) atoms. The maximum absolute atomic E-state index is 13.0. The molecule has 0 saturated heterocycles. The summed E-state index contributed by atoms with van der Waals surface area (Å²) in [7, 11) is 1.65. The smallest absolute Gasteiger partial charge is 0.124 e. The number of aromatic nitrogens is 3. The molecule has 4 aromatic rings. The zero-order chi connectivity index (χ0) is 20.2. The summed E-state index contributed by atoms with van der Waals surface area (Å²) in [4.78, 5) is 5.70. The van der Waals surface area contributed by atoms with Crippen molar-refractivity contribution in [2.45, 2.75) is 17.7 Å². The molecule has 4 rings (SSSR count).